The van der Waals surface area contributed by atoms with Crippen LogP contribution < -0.4 is 10.7 Å². The number of amides is 4. The van der Waals surface area contributed by atoms with E-state index in [1.165, 1.54) is 21.2 Å². The molecule has 2 saturated heterocycles. The summed E-state index contributed by atoms with van der Waals surface area (Å²) in [5, 5.41) is 19.6. The number of hydrogen-bond donors (Lipinski definition) is 3. The first-order valence-corrected chi connectivity index (χ1v) is 22.8. The molecule has 1 aromatic carbocycles. The molecule has 6 heterocycles. The van der Waals surface area contributed by atoms with Crippen molar-refractivity contribution >= 4 is 46.1 Å². The standard InChI is InChI=1S/C46H63N9O7S/c1-11-54-36-16-15-29-20-32(36)33(40(54)31-14-12-18-47-38(31)28(4)61-10)22-45(5,6)26-62-43(58)46(60)17-13-19-55(50-46)42(57)34(21-37-48-35(29)25-63-37)49-41(56)39(27(2)3)53(9)44(59)52(8)30-23-51(7)24-30/h12,14-16,18,20,25,27-28,30,34,39,50,60H,11,13,17,19,21-24,26H2,1-10H3,(H,49,56)/t28-,34-,39-,46-/m0/s1. The van der Waals surface area contributed by atoms with Crippen molar-refractivity contribution in [3.8, 4) is 22.5 Å². The number of esters is 1. The molecule has 3 aliphatic rings. The molecular weight excluding hydrogens is 823 g/mol. The van der Waals surface area contributed by atoms with Gasteiger partial charge in [0.2, 0.25) is 11.6 Å². The molecular formula is C46H63N9O7S. The summed E-state index contributed by atoms with van der Waals surface area (Å²) in [5.41, 5.74) is 6.37. The Hall–Kier alpha value is -4.94. The zero-order chi connectivity index (χ0) is 45.5. The average molecular weight is 886 g/mol. The maximum atomic E-state index is 14.6. The van der Waals surface area contributed by atoms with Gasteiger partial charge in [-0.3, -0.25) is 19.6 Å². The summed E-state index contributed by atoms with van der Waals surface area (Å²) in [7, 11) is 7.01. The minimum absolute atomic E-state index is 0.00786. The van der Waals surface area contributed by atoms with E-state index >= 15 is 0 Å². The molecule has 2 fully saturated rings. The van der Waals surface area contributed by atoms with E-state index in [1.54, 1.807) is 32.3 Å². The molecule has 0 saturated carbocycles. The van der Waals surface area contributed by atoms with Gasteiger partial charge in [0.1, 0.15) is 12.1 Å². The number of cyclic esters (lactones) is 1. The number of fused-ring (bicyclic) bond motifs is 6. The second kappa shape index (κ2) is 18.3. The maximum absolute atomic E-state index is 14.6. The molecule has 0 radical (unpaired) electrons. The van der Waals surface area contributed by atoms with Crippen LogP contribution in [0, 0.1) is 11.3 Å². The van der Waals surface area contributed by atoms with Crippen molar-refractivity contribution in [2.45, 2.75) is 104 Å². The van der Waals surface area contributed by atoms with Crippen LogP contribution in [-0.2, 0) is 43.2 Å². The molecule has 16 nitrogen and oxygen atoms in total. The van der Waals surface area contributed by atoms with Crippen LogP contribution in [0.1, 0.15) is 76.8 Å². The van der Waals surface area contributed by atoms with Gasteiger partial charge in [-0.25, -0.2) is 14.6 Å². The van der Waals surface area contributed by atoms with Gasteiger partial charge in [-0.15, -0.1) is 11.3 Å². The van der Waals surface area contributed by atoms with Crippen LogP contribution in [0.15, 0.2) is 41.9 Å². The number of methoxy groups -OCH3 is 1. The fraction of sp³-hybridized carbons (Fsp3) is 0.565. The fourth-order valence-electron chi connectivity index (χ4n) is 9.22. The summed E-state index contributed by atoms with van der Waals surface area (Å²) in [5.74, 6) is -2.26. The number of aryl methyl sites for hydroxylation is 1. The van der Waals surface area contributed by atoms with Crippen LogP contribution in [0.5, 0.6) is 0 Å². The molecule has 3 aliphatic heterocycles. The Morgan fingerprint density at radius 3 is 2.59 bits per heavy atom. The molecule has 17 heteroatoms. The number of aromatic nitrogens is 3. The largest absolute Gasteiger partial charge is 0.462 e. The quantitative estimate of drug-likeness (QED) is 0.196. The highest BCUT2D eigenvalue weighted by molar-refractivity contribution is 7.10. The van der Waals surface area contributed by atoms with Gasteiger partial charge < -0.3 is 39.2 Å². The number of nitrogens with zero attached hydrogens (tertiary/aromatic N) is 7. The van der Waals surface area contributed by atoms with E-state index < -0.39 is 41.0 Å². The third kappa shape index (κ3) is 9.21. The summed E-state index contributed by atoms with van der Waals surface area (Å²) < 4.78 is 14.0. The predicted molar refractivity (Wildman–Crippen MR) is 241 cm³/mol. The molecule has 3 aromatic heterocycles. The highest BCUT2D eigenvalue weighted by atomic mass is 32.1. The van der Waals surface area contributed by atoms with Crippen molar-refractivity contribution in [3.05, 3.63) is 58.2 Å². The lowest BCUT2D eigenvalue weighted by Crippen LogP contribution is -2.67. The summed E-state index contributed by atoms with van der Waals surface area (Å²) in [6, 6.07) is 7.97. The average Bonchev–Trinajstić information content (AvgIpc) is 3.84. The number of hydrogen-bond acceptors (Lipinski definition) is 12. The number of carbonyl (C=O) groups is 4. The summed E-state index contributed by atoms with van der Waals surface area (Å²) in [6.07, 6.45) is 2.32. The van der Waals surface area contributed by atoms with E-state index in [4.69, 9.17) is 19.4 Å². The molecule has 340 valence electrons. The molecule has 7 rings (SSSR count). The maximum Gasteiger partial charge on any atom is 0.355 e. The van der Waals surface area contributed by atoms with Gasteiger partial charge in [-0.2, -0.15) is 5.43 Å². The molecule has 4 aromatic rings. The van der Waals surface area contributed by atoms with Gasteiger partial charge in [0.25, 0.3) is 5.91 Å². The van der Waals surface area contributed by atoms with Crippen molar-refractivity contribution in [3.63, 3.8) is 0 Å². The Morgan fingerprint density at radius 2 is 1.90 bits per heavy atom. The number of rotatable bonds is 9. The Labute approximate surface area is 373 Å². The topological polar surface area (TPSA) is 175 Å². The van der Waals surface area contributed by atoms with E-state index in [9.17, 15) is 24.3 Å². The highest BCUT2D eigenvalue weighted by Gasteiger charge is 2.46. The van der Waals surface area contributed by atoms with Crippen LogP contribution in [0.2, 0.25) is 0 Å². The SMILES string of the molecule is CCn1c(-c2cccnc2[C@H](C)OC)c2c3cc(ccc31)-c1csc(n1)C[C@H](NC(=O)[C@H](C(C)C)N(C)C(=O)N(C)C1CN(C)C1)C(=O)N1CCC[C@@](O)(N1)C(=O)OCC(C)(C)C2. The Morgan fingerprint density at radius 1 is 1.16 bits per heavy atom. The van der Waals surface area contributed by atoms with Crippen LogP contribution in [0.3, 0.4) is 0 Å². The second-order valence-corrected chi connectivity index (χ2v) is 19.5. The third-order valence-corrected chi connectivity index (χ3v) is 13.6. The van der Waals surface area contributed by atoms with Crippen LogP contribution in [0.4, 0.5) is 4.79 Å². The number of hydrazine groups is 1. The van der Waals surface area contributed by atoms with E-state index in [0.717, 1.165) is 57.8 Å². The van der Waals surface area contributed by atoms with Gasteiger partial charge in [0, 0.05) is 99.2 Å². The monoisotopic (exact) mass is 885 g/mol. The number of benzene rings is 1. The third-order valence-electron chi connectivity index (χ3n) is 12.8. The van der Waals surface area contributed by atoms with Crippen molar-refractivity contribution in [2.75, 3.05) is 54.5 Å². The van der Waals surface area contributed by atoms with Crippen LogP contribution in [-0.4, -0.2) is 142 Å². The summed E-state index contributed by atoms with van der Waals surface area (Å²) in [4.78, 5) is 71.6. The molecule has 6 bridgehead atoms. The number of nitrogens with one attached hydrogen (secondary N) is 2. The first kappa shape index (κ1) is 46.1. The number of aliphatic hydroxyl groups is 1. The van der Waals surface area contributed by atoms with Crippen LogP contribution in [0.25, 0.3) is 33.4 Å². The lowest BCUT2D eigenvalue weighted by atomic mass is 9.84. The molecule has 0 spiro atoms. The predicted octanol–water partition coefficient (Wildman–Crippen LogP) is 4.84. The number of ether oxygens (including phenoxy) is 2. The first-order chi connectivity index (χ1) is 29.9. The molecule has 63 heavy (non-hydrogen) atoms. The minimum Gasteiger partial charge on any atom is -0.462 e. The van der Waals surface area contributed by atoms with Crippen molar-refractivity contribution in [1.82, 2.24) is 45.0 Å². The smallest absolute Gasteiger partial charge is 0.355 e. The normalized spacial score (nSPS) is 22.0. The van der Waals surface area contributed by atoms with Crippen molar-refractivity contribution in [1.29, 1.82) is 0 Å². The molecule has 0 unspecified atom stereocenters. The zero-order valence-corrected chi connectivity index (χ0v) is 39.0. The first-order valence-electron chi connectivity index (χ1n) is 21.9. The Balaban J connectivity index is 1.30. The highest BCUT2D eigenvalue weighted by Crippen LogP contribution is 2.42. The number of likely N-dealkylation sites (N-methyl/N-ethyl adjacent to an activating group) is 3. The summed E-state index contributed by atoms with van der Waals surface area (Å²) >= 11 is 1.38. The Bertz CT molecular complexity index is 2360. The zero-order valence-electron chi connectivity index (χ0n) is 38.2. The lowest BCUT2D eigenvalue weighted by Gasteiger charge is -2.44. The molecule has 4 amide bonds. The second-order valence-electron chi connectivity index (χ2n) is 18.6. The van der Waals surface area contributed by atoms with Crippen molar-refractivity contribution in [2.24, 2.45) is 11.3 Å². The molecule has 3 N–H and O–H groups in total. The van der Waals surface area contributed by atoms with Gasteiger partial charge in [-0.1, -0.05) is 33.8 Å². The van der Waals surface area contributed by atoms with E-state index in [-0.39, 0.29) is 56.5 Å². The van der Waals surface area contributed by atoms with E-state index in [1.807, 2.05) is 53.1 Å². The molecule has 0 aliphatic carbocycles. The number of likely N-dealkylation sites (tertiary alicyclic amines) is 1. The van der Waals surface area contributed by atoms with Gasteiger partial charge >= 0.3 is 12.0 Å². The Kier molecular flexibility index (Phi) is 13.4. The lowest BCUT2D eigenvalue weighted by molar-refractivity contribution is -0.189. The van der Waals surface area contributed by atoms with Gasteiger partial charge in [0.05, 0.1) is 40.8 Å². The van der Waals surface area contributed by atoms with Gasteiger partial charge in [0.15, 0.2) is 0 Å². The number of thiazole rings is 1. The summed E-state index contributed by atoms with van der Waals surface area (Å²) in [6.45, 7) is 14.1. The number of urea groups is 1. The van der Waals surface area contributed by atoms with E-state index in [0.29, 0.717) is 18.0 Å². The molecule has 4 atom stereocenters. The van der Waals surface area contributed by atoms with Crippen LogP contribution >= 0.6 is 11.3 Å². The van der Waals surface area contributed by atoms with Gasteiger partial charge in [-0.05, 0) is 69.5 Å². The minimum atomic E-state index is -2.20. The number of pyridine rings is 1. The fourth-order valence-corrected chi connectivity index (χ4v) is 10.1. The van der Waals surface area contributed by atoms with Crippen molar-refractivity contribution < 1.29 is 33.8 Å². The number of carbonyl (C=O) groups excluding carboxylic acids is 4. The van der Waals surface area contributed by atoms with E-state index in [2.05, 4.69) is 51.4 Å².